The monoisotopic (exact) mass is 519 g/mol. The topological polar surface area (TPSA) is 106 Å². The lowest BCUT2D eigenvalue weighted by Gasteiger charge is -2.26. The van der Waals surface area contributed by atoms with E-state index in [1.54, 1.807) is 11.0 Å². The maximum Gasteiger partial charge on any atom is 0.573 e. The van der Waals surface area contributed by atoms with Crippen LogP contribution in [0.5, 0.6) is 5.75 Å². The fourth-order valence-electron chi connectivity index (χ4n) is 3.52. The third-order valence-electron chi connectivity index (χ3n) is 5.26. The molecule has 1 aromatic heterocycles. The van der Waals surface area contributed by atoms with Crippen LogP contribution in [0.25, 0.3) is 11.3 Å². The van der Waals surface area contributed by atoms with E-state index in [1.165, 1.54) is 30.6 Å². The Balaban J connectivity index is 1.49. The summed E-state index contributed by atoms with van der Waals surface area (Å²) >= 11 is 0. The van der Waals surface area contributed by atoms with Crippen molar-refractivity contribution in [1.82, 2.24) is 14.9 Å². The molecule has 9 nitrogen and oxygen atoms in total. The van der Waals surface area contributed by atoms with Crippen molar-refractivity contribution in [1.29, 1.82) is 0 Å². The summed E-state index contributed by atoms with van der Waals surface area (Å²) in [6.07, 6.45) is -2.53. The number of ether oxygens (including phenoxy) is 2. The van der Waals surface area contributed by atoms with Gasteiger partial charge in [0.05, 0.1) is 43.5 Å². The molecule has 0 bridgehead atoms. The van der Waals surface area contributed by atoms with E-state index >= 15 is 0 Å². The number of halogens is 4. The lowest BCUT2D eigenvalue weighted by Crippen LogP contribution is -2.41. The first kappa shape index (κ1) is 26.0. The highest BCUT2D eigenvalue weighted by Crippen LogP contribution is 2.31. The number of hydrogen-bond donors (Lipinski definition) is 2. The molecule has 0 atom stereocenters. The SMILES string of the molecule is O=C(CN1CCOCC1)Nc1cc(C(=O)Nc2cnc(-c3ccccc3F)cn2)ccc1OC(F)(F)F. The van der Waals surface area contributed by atoms with Gasteiger partial charge in [-0.2, -0.15) is 0 Å². The van der Waals surface area contributed by atoms with Crippen molar-refractivity contribution in [3.05, 3.63) is 66.2 Å². The molecule has 0 saturated carbocycles. The summed E-state index contributed by atoms with van der Waals surface area (Å²) in [7, 11) is 0. The van der Waals surface area contributed by atoms with Crippen molar-refractivity contribution < 1.29 is 36.6 Å². The maximum absolute atomic E-state index is 13.9. The molecule has 1 aliphatic heterocycles. The van der Waals surface area contributed by atoms with Gasteiger partial charge in [-0.25, -0.2) is 9.37 Å². The van der Waals surface area contributed by atoms with Crippen molar-refractivity contribution in [2.75, 3.05) is 43.5 Å². The summed E-state index contributed by atoms with van der Waals surface area (Å²) in [6.45, 7) is 1.80. The first-order chi connectivity index (χ1) is 17.7. The highest BCUT2D eigenvalue weighted by Gasteiger charge is 2.32. The van der Waals surface area contributed by atoms with Gasteiger partial charge < -0.3 is 20.1 Å². The van der Waals surface area contributed by atoms with Gasteiger partial charge in [0.25, 0.3) is 5.91 Å². The Morgan fingerprint density at radius 3 is 2.46 bits per heavy atom. The molecule has 4 rings (SSSR count). The number of rotatable bonds is 7. The maximum atomic E-state index is 13.9. The molecule has 0 spiro atoms. The fourth-order valence-corrected chi connectivity index (χ4v) is 3.52. The molecule has 1 aliphatic rings. The number of carbonyl (C=O) groups is 2. The molecule has 1 saturated heterocycles. The number of aromatic nitrogens is 2. The zero-order chi connectivity index (χ0) is 26.4. The van der Waals surface area contributed by atoms with Crippen LogP contribution in [-0.2, 0) is 9.53 Å². The number of amides is 2. The number of morpholine rings is 1. The molecular formula is C24H21F4N5O4. The molecule has 2 N–H and O–H groups in total. The van der Waals surface area contributed by atoms with E-state index in [-0.39, 0.29) is 34.9 Å². The van der Waals surface area contributed by atoms with Crippen molar-refractivity contribution in [2.24, 2.45) is 0 Å². The number of nitrogens with zero attached hydrogens (tertiary/aromatic N) is 3. The van der Waals surface area contributed by atoms with Gasteiger partial charge in [0.1, 0.15) is 5.82 Å². The first-order valence-electron chi connectivity index (χ1n) is 11.1. The van der Waals surface area contributed by atoms with Crippen LogP contribution < -0.4 is 15.4 Å². The summed E-state index contributed by atoms with van der Waals surface area (Å²) in [6, 6.07) is 9.07. The van der Waals surface area contributed by atoms with Gasteiger partial charge in [0.15, 0.2) is 11.6 Å². The molecule has 1 fully saturated rings. The quantitative estimate of drug-likeness (QED) is 0.459. The van der Waals surface area contributed by atoms with Gasteiger partial charge >= 0.3 is 6.36 Å². The Bertz CT molecular complexity index is 1260. The van der Waals surface area contributed by atoms with Crippen LogP contribution in [0.3, 0.4) is 0 Å². The van der Waals surface area contributed by atoms with Gasteiger partial charge in [0, 0.05) is 24.2 Å². The van der Waals surface area contributed by atoms with Crippen molar-refractivity contribution >= 4 is 23.3 Å². The van der Waals surface area contributed by atoms with Gasteiger partial charge in [-0.3, -0.25) is 19.5 Å². The second-order valence-electron chi connectivity index (χ2n) is 7.92. The van der Waals surface area contributed by atoms with Gasteiger partial charge in [-0.05, 0) is 30.3 Å². The normalized spacial score (nSPS) is 14.2. The second-order valence-corrected chi connectivity index (χ2v) is 7.92. The molecule has 2 amide bonds. The first-order valence-corrected chi connectivity index (χ1v) is 11.1. The number of nitrogens with one attached hydrogen (secondary N) is 2. The van der Waals surface area contributed by atoms with Crippen LogP contribution in [-0.4, -0.2) is 65.9 Å². The third kappa shape index (κ3) is 7.21. The molecule has 37 heavy (non-hydrogen) atoms. The molecular weight excluding hydrogens is 498 g/mol. The van der Waals surface area contributed by atoms with Crippen LogP contribution in [0.2, 0.25) is 0 Å². The van der Waals surface area contributed by atoms with E-state index < -0.39 is 29.7 Å². The molecule has 0 aliphatic carbocycles. The van der Waals surface area contributed by atoms with E-state index in [9.17, 15) is 27.2 Å². The predicted octanol–water partition coefficient (Wildman–Crippen LogP) is 3.70. The predicted molar refractivity (Wildman–Crippen MR) is 124 cm³/mol. The van der Waals surface area contributed by atoms with Crippen molar-refractivity contribution in [3.8, 4) is 17.0 Å². The molecule has 3 aromatic rings. The standard InChI is InChI=1S/C24H21F4N5O4/c25-17-4-2-1-3-16(17)19-12-30-21(13-29-19)32-23(35)15-5-6-20(37-24(26,27)28)18(11-15)31-22(34)14-33-7-9-36-10-8-33/h1-6,11-13H,7-10,14H2,(H,31,34)(H,30,32,35). The largest absolute Gasteiger partial charge is 0.573 e. The number of anilines is 2. The van der Waals surface area contributed by atoms with Crippen LogP contribution in [0.1, 0.15) is 10.4 Å². The third-order valence-corrected chi connectivity index (χ3v) is 5.26. The van der Waals surface area contributed by atoms with Crippen molar-refractivity contribution in [3.63, 3.8) is 0 Å². The summed E-state index contributed by atoms with van der Waals surface area (Å²) in [5.74, 6) is -2.44. The average molecular weight is 519 g/mol. The van der Waals surface area contributed by atoms with Crippen molar-refractivity contribution in [2.45, 2.75) is 6.36 Å². The minimum Gasteiger partial charge on any atom is -0.404 e. The number of benzene rings is 2. The molecule has 2 aromatic carbocycles. The van der Waals surface area contributed by atoms with E-state index in [4.69, 9.17) is 4.74 Å². The van der Waals surface area contributed by atoms with Crippen LogP contribution in [0.4, 0.5) is 29.1 Å². The highest BCUT2D eigenvalue weighted by molar-refractivity contribution is 6.05. The van der Waals surface area contributed by atoms with E-state index in [0.29, 0.717) is 26.3 Å². The molecule has 0 radical (unpaired) electrons. The Hall–Kier alpha value is -4.10. The highest BCUT2D eigenvalue weighted by atomic mass is 19.4. The Morgan fingerprint density at radius 1 is 1.03 bits per heavy atom. The Kier molecular flexibility index (Phi) is 7.94. The lowest BCUT2D eigenvalue weighted by atomic mass is 10.1. The van der Waals surface area contributed by atoms with Gasteiger partial charge in [-0.15, -0.1) is 13.2 Å². The van der Waals surface area contributed by atoms with Gasteiger partial charge in [-0.1, -0.05) is 12.1 Å². The zero-order valence-corrected chi connectivity index (χ0v) is 19.2. The Morgan fingerprint density at radius 2 is 1.78 bits per heavy atom. The summed E-state index contributed by atoms with van der Waals surface area (Å²) in [4.78, 5) is 35.1. The van der Waals surface area contributed by atoms with E-state index in [0.717, 1.165) is 18.2 Å². The number of alkyl halides is 3. The van der Waals surface area contributed by atoms with E-state index in [1.807, 2.05) is 0 Å². The van der Waals surface area contributed by atoms with Crippen LogP contribution in [0, 0.1) is 5.82 Å². The smallest absolute Gasteiger partial charge is 0.404 e. The zero-order valence-electron chi connectivity index (χ0n) is 19.2. The van der Waals surface area contributed by atoms with E-state index in [2.05, 4.69) is 25.3 Å². The molecule has 13 heteroatoms. The minimum atomic E-state index is -5.01. The summed E-state index contributed by atoms with van der Waals surface area (Å²) in [5.41, 5.74) is 0.0704. The second kappa shape index (κ2) is 11.3. The number of carbonyl (C=O) groups excluding carboxylic acids is 2. The fraction of sp³-hybridized carbons (Fsp3) is 0.250. The average Bonchev–Trinajstić information content (AvgIpc) is 2.86. The van der Waals surface area contributed by atoms with Crippen LogP contribution in [0.15, 0.2) is 54.9 Å². The summed E-state index contributed by atoms with van der Waals surface area (Å²) in [5, 5.41) is 4.84. The van der Waals surface area contributed by atoms with Gasteiger partial charge in [0.2, 0.25) is 5.91 Å². The molecule has 0 unspecified atom stereocenters. The number of hydrogen-bond acceptors (Lipinski definition) is 7. The van der Waals surface area contributed by atoms with Crippen LogP contribution >= 0.6 is 0 Å². The molecule has 2 heterocycles. The summed E-state index contributed by atoms with van der Waals surface area (Å²) < 4.78 is 61.8. The minimum absolute atomic E-state index is 0.0265. The molecule has 194 valence electrons. The lowest BCUT2D eigenvalue weighted by molar-refractivity contribution is -0.274. The Labute approximate surface area is 208 Å².